The lowest BCUT2D eigenvalue weighted by molar-refractivity contribution is 0.189. The van der Waals surface area contributed by atoms with Crippen LogP contribution in [0.5, 0.6) is 5.75 Å². The van der Waals surface area contributed by atoms with Crippen LogP contribution in [0.25, 0.3) is 21.2 Å². The van der Waals surface area contributed by atoms with Crippen molar-refractivity contribution < 1.29 is 13.2 Å². The van der Waals surface area contributed by atoms with E-state index in [9.17, 15) is 8.42 Å². The molecule has 0 amide bonds. The number of alkyl halides is 1. The van der Waals surface area contributed by atoms with Crippen LogP contribution in [-0.2, 0) is 15.7 Å². The van der Waals surface area contributed by atoms with Crippen molar-refractivity contribution in [2.45, 2.75) is 38.7 Å². The van der Waals surface area contributed by atoms with E-state index in [2.05, 4.69) is 44.2 Å². The Hall–Kier alpha value is -1.56. The van der Waals surface area contributed by atoms with E-state index < -0.39 is 9.84 Å². The summed E-state index contributed by atoms with van der Waals surface area (Å²) in [6.07, 6.45) is 1.11. The normalized spacial score (nSPS) is 17.1. The lowest BCUT2D eigenvalue weighted by atomic mass is 9.97. The fraction of sp³-hybridized carbons (Fsp3) is 0.364. The third-order valence-electron chi connectivity index (χ3n) is 5.35. The molecule has 0 aliphatic carbocycles. The maximum atomic E-state index is 11.6. The van der Waals surface area contributed by atoms with Gasteiger partial charge in [-0.15, -0.1) is 22.9 Å². The molecule has 1 aromatic heterocycles. The van der Waals surface area contributed by atoms with Gasteiger partial charge in [-0.2, -0.15) is 0 Å². The average molecular weight is 435 g/mol. The molecule has 1 aliphatic rings. The molecule has 3 aromatic rings. The van der Waals surface area contributed by atoms with Crippen LogP contribution in [0.4, 0.5) is 0 Å². The SMILES string of the molecule is Cc1cc(OC2CCS(=O)(=O)CC2)ccc1-c1c(C)sc2ccc(CCl)cc12. The molecule has 0 radical (unpaired) electrons. The summed E-state index contributed by atoms with van der Waals surface area (Å²) in [6.45, 7) is 4.26. The van der Waals surface area contributed by atoms with E-state index >= 15 is 0 Å². The summed E-state index contributed by atoms with van der Waals surface area (Å²) >= 11 is 7.85. The number of aryl methyl sites for hydroxylation is 2. The molecule has 6 heteroatoms. The summed E-state index contributed by atoms with van der Waals surface area (Å²) in [5.41, 5.74) is 4.74. The first kappa shape index (κ1) is 19.7. The fourth-order valence-corrected chi connectivity index (χ4v) is 6.53. The minimum atomic E-state index is -2.87. The highest BCUT2D eigenvalue weighted by molar-refractivity contribution is 7.91. The number of halogens is 1. The van der Waals surface area contributed by atoms with E-state index in [-0.39, 0.29) is 17.6 Å². The van der Waals surface area contributed by atoms with Crippen LogP contribution in [-0.4, -0.2) is 26.0 Å². The molecule has 0 atom stereocenters. The third kappa shape index (κ3) is 3.93. The number of sulfone groups is 1. The Bertz CT molecular complexity index is 1120. The Morgan fingerprint density at radius 1 is 1.11 bits per heavy atom. The number of fused-ring (bicyclic) bond motifs is 1. The maximum Gasteiger partial charge on any atom is 0.150 e. The van der Waals surface area contributed by atoms with Gasteiger partial charge in [0.1, 0.15) is 11.9 Å². The van der Waals surface area contributed by atoms with Crippen LogP contribution in [0.3, 0.4) is 0 Å². The van der Waals surface area contributed by atoms with Gasteiger partial charge in [-0.1, -0.05) is 12.1 Å². The van der Waals surface area contributed by atoms with Crippen molar-refractivity contribution in [3.63, 3.8) is 0 Å². The van der Waals surface area contributed by atoms with Crippen LogP contribution < -0.4 is 4.74 Å². The van der Waals surface area contributed by atoms with E-state index in [0.717, 1.165) is 16.9 Å². The van der Waals surface area contributed by atoms with Gasteiger partial charge >= 0.3 is 0 Å². The molecule has 0 unspecified atom stereocenters. The number of rotatable bonds is 4. The first-order chi connectivity index (χ1) is 13.4. The second-order valence-electron chi connectivity index (χ2n) is 7.44. The molecule has 0 saturated carbocycles. The van der Waals surface area contributed by atoms with Crippen molar-refractivity contribution in [3.8, 4) is 16.9 Å². The smallest absolute Gasteiger partial charge is 0.150 e. The van der Waals surface area contributed by atoms with Crippen molar-refractivity contribution in [2.75, 3.05) is 11.5 Å². The minimum absolute atomic E-state index is 0.0243. The predicted octanol–water partition coefficient (Wildman–Crippen LogP) is 5.88. The summed E-state index contributed by atoms with van der Waals surface area (Å²) in [4.78, 5) is 1.29. The zero-order chi connectivity index (χ0) is 19.9. The van der Waals surface area contributed by atoms with Gasteiger partial charge in [0.05, 0.1) is 11.5 Å². The van der Waals surface area contributed by atoms with Gasteiger partial charge in [0.25, 0.3) is 0 Å². The molecule has 4 rings (SSSR count). The highest BCUT2D eigenvalue weighted by Crippen LogP contribution is 2.41. The van der Waals surface area contributed by atoms with Crippen molar-refractivity contribution in [3.05, 3.63) is 52.4 Å². The Kier molecular flexibility index (Phi) is 5.43. The molecule has 0 spiro atoms. The van der Waals surface area contributed by atoms with Crippen LogP contribution in [0.1, 0.15) is 28.8 Å². The molecule has 1 saturated heterocycles. The molecule has 0 N–H and O–H groups in total. The summed E-state index contributed by atoms with van der Waals surface area (Å²) in [5.74, 6) is 1.76. The number of hydrogen-bond acceptors (Lipinski definition) is 4. The van der Waals surface area contributed by atoms with E-state index in [1.54, 1.807) is 11.3 Å². The summed E-state index contributed by atoms with van der Waals surface area (Å²) in [5, 5.41) is 1.25. The van der Waals surface area contributed by atoms with Gasteiger partial charge in [-0.3, -0.25) is 0 Å². The lowest BCUT2D eigenvalue weighted by Crippen LogP contribution is -2.30. The van der Waals surface area contributed by atoms with Gasteiger partial charge in [-0.05, 0) is 67.6 Å². The molecule has 28 heavy (non-hydrogen) atoms. The monoisotopic (exact) mass is 434 g/mol. The highest BCUT2D eigenvalue weighted by Gasteiger charge is 2.25. The molecule has 1 aliphatic heterocycles. The van der Waals surface area contributed by atoms with Crippen molar-refractivity contribution >= 4 is 42.9 Å². The average Bonchev–Trinajstić information content (AvgIpc) is 2.98. The second kappa shape index (κ2) is 7.69. The van der Waals surface area contributed by atoms with E-state index in [1.807, 2.05) is 6.07 Å². The zero-order valence-electron chi connectivity index (χ0n) is 16.0. The van der Waals surface area contributed by atoms with Crippen molar-refractivity contribution in [2.24, 2.45) is 0 Å². The van der Waals surface area contributed by atoms with Crippen LogP contribution in [0.15, 0.2) is 36.4 Å². The number of thiophene rings is 1. The fourth-order valence-electron chi connectivity index (χ4n) is 3.85. The molecule has 2 heterocycles. The highest BCUT2D eigenvalue weighted by atomic mass is 35.5. The molecule has 148 valence electrons. The number of hydrogen-bond donors (Lipinski definition) is 0. The largest absolute Gasteiger partial charge is 0.490 e. The number of ether oxygens (including phenoxy) is 1. The number of benzene rings is 2. The van der Waals surface area contributed by atoms with Crippen LogP contribution in [0.2, 0.25) is 0 Å². The summed E-state index contributed by atoms with van der Waals surface area (Å²) in [7, 11) is -2.87. The lowest BCUT2D eigenvalue weighted by Gasteiger charge is -2.23. The molecular formula is C22H23ClO3S2. The van der Waals surface area contributed by atoms with Crippen LogP contribution in [0, 0.1) is 13.8 Å². The van der Waals surface area contributed by atoms with Gasteiger partial charge in [-0.25, -0.2) is 8.42 Å². The maximum absolute atomic E-state index is 11.6. The molecular weight excluding hydrogens is 412 g/mol. The van der Waals surface area contributed by atoms with Gasteiger partial charge < -0.3 is 4.74 Å². The molecule has 2 aromatic carbocycles. The Morgan fingerprint density at radius 3 is 2.54 bits per heavy atom. The second-order valence-corrected chi connectivity index (χ2v) is 11.3. The third-order valence-corrected chi connectivity index (χ3v) is 8.46. The molecule has 0 bridgehead atoms. The van der Waals surface area contributed by atoms with Crippen molar-refractivity contribution in [1.82, 2.24) is 0 Å². The van der Waals surface area contributed by atoms with E-state index in [0.29, 0.717) is 18.7 Å². The quantitative estimate of drug-likeness (QED) is 0.481. The Morgan fingerprint density at radius 2 is 1.86 bits per heavy atom. The first-order valence-corrected chi connectivity index (χ1v) is 12.6. The first-order valence-electron chi connectivity index (χ1n) is 9.42. The van der Waals surface area contributed by atoms with Gasteiger partial charge in [0.2, 0.25) is 0 Å². The predicted molar refractivity (Wildman–Crippen MR) is 119 cm³/mol. The van der Waals surface area contributed by atoms with Crippen LogP contribution >= 0.6 is 22.9 Å². The van der Waals surface area contributed by atoms with Gasteiger partial charge in [0.15, 0.2) is 9.84 Å². The standard InChI is InChI=1S/C22H23ClO3S2/c1-14-11-18(26-17-7-9-28(24,25)10-8-17)4-5-19(14)22-15(2)27-21-6-3-16(13-23)12-20(21)22/h3-6,11-12,17H,7-10,13H2,1-2H3. The molecule has 1 fully saturated rings. The minimum Gasteiger partial charge on any atom is -0.490 e. The van der Waals surface area contributed by atoms with E-state index in [1.165, 1.54) is 26.1 Å². The Balaban J connectivity index is 1.64. The summed E-state index contributed by atoms with van der Waals surface area (Å²) in [6, 6.07) is 12.6. The van der Waals surface area contributed by atoms with Gasteiger partial charge in [0, 0.05) is 26.4 Å². The molecule has 3 nitrogen and oxygen atoms in total. The van der Waals surface area contributed by atoms with Crippen molar-refractivity contribution in [1.29, 1.82) is 0 Å². The summed E-state index contributed by atoms with van der Waals surface area (Å²) < 4.78 is 30.5. The Labute approximate surface area is 175 Å². The topological polar surface area (TPSA) is 43.4 Å². The zero-order valence-corrected chi connectivity index (χ0v) is 18.4. The van der Waals surface area contributed by atoms with E-state index in [4.69, 9.17) is 16.3 Å².